The van der Waals surface area contributed by atoms with Gasteiger partial charge in [0.2, 0.25) is 16.0 Å². The van der Waals surface area contributed by atoms with Crippen LogP contribution in [0.3, 0.4) is 0 Å². The molecule has 3 atom stereocenters. The second kappa shape index (κ2) is 10.9. The van der Waals surface area contributed by atoms with Crippen molar-refractivity contribution in [1.82, 2.24) is 10.0 Å². The maximum absolute atomic E-state index is 13.2. The number of guanidine groups is 1. The fraction of sp³-hybridized carbons (Fsp3) is 0.467. The summed E-state index contributed by atoms with van der Waals surface area (Å²) >= 11 is 0. The van der Waals surface area contributed by atoms with Gasteiger partial charge in [0, 0.05) is 17.5 Å². The van der Waals surface area contributed by atoms with Crippen molar-refractivity contribution >= 4 is 33.4 Å². The Morgan fingerprint density at radius 2 is 1.88 bits per heavy atom. The normalized spacial score (nSPS) is 24.1. The minimum absolute atomic E-state index is 0.0291. The monoisotopic (exact) mass is 577 g/mol. The third kappa shape index (κ3) is 5.99. The predicted octanol–water partition coefficient (Wildman–Crippen LogP) is 3.67. The number of aliphatic imine (C=N–C) groups is 1. The summed E-state index contributed by atoms with van der Waals surface area (Å²) in [6.07, 6.45) is 5.60. The van der Waals surface area contributed by atoms with Crippen LogP contribution in [0.1, 0.15) is 51.5 Å². The first-order chi connectivity index (χ1) is 19.4. The van der Waals surface area contributed by atoms with E-state index in [1.165, 1.54) is 0 Å². The Balaban J connectivity index is 1.26. The molecule has 0 saturated heterocycles. The minimum Gasteiger partial charge on any atom is -0.480 e. The van der Waals surface area contributed by atoms with Gasteiger partial charge in [-0.2, -0.15) is 5.26 Å². The number of carbonyl (C=O) groups is 2. The maximum Gasteiger partial charge on any atom is 0.322 e. The van der Waals surface area contributed by atoms with Gasteiger partial charge < -0.3 is 10.4 Å². The molecular weight excluding hydrogens is 542 g/mol. The van der Waals surface area contributed by atoms with Gasteiger partial charge in [0.25, 0.3) is 0 Å². The van der Waals surface area contributed by atoms with E-state index >= 15 is 0 Å². The summed E-state index contributed by atoms with van der Waals surface area (Å²) in [5.41, 5.74) is 1.80. The van der Waals surface area contributed by atoms with E-state index in [1.54, 1.807) is 12.1 Å². The lowest BCUT2D eigenvalue weighted by atomic mass is 9.70. The molecule has 1 unspecified atom stereocenters. The molecule has 5 rings (SSSR count). The van der Waals surface area contributed by atoms with Crippen LogP contribution in [-0.2, 0) is 26.0 Å². The van der Waals surface area contributed by atoms with E-state index in [4.69, 9.17) is 5.26 Å². The van der Waals surface area contributed by atoms with E-state index < -0.39 is 32.9 Å². The van der Waals surface area contributed by atoms with Gasteiger partial charge in [-0.25, -0.2) is 18.1 Å². The number of benzene rings is 2. The Morgan fingerprint density at radius 3 is 2.46 bits per heavy atom. The molecule has 3 aliphatic rings. The van der Waals surface area contributed by atoms with Gasteiger partial charge in [-0.05, 0) is 72.3 Å². The van der Waals surface area contributed by atoms with Crippen LogP contribution < -0.4 is 15.4 Å². The zero-order valence-electron chi connectivity index (χ0n) is 23.2. The number of nitriles is 1. The fourth-order valence-electron chi connectivity index (χ4n) is 6.39. The number of nitrogens with one attached hydrogen (secondary N) is 3. The number of nitrogens with zero attached hydrogens (tertiary/aromatic N) is 2. The molecule has 3 saturated carbocycles. The standard InChI is InChI=1S/C30H35N5O5S/c1-29(2)22-12-13-30(29,26(36)16-22)17-41(39,40)35-25(27(37)38)14-19-6-8-20(9-7-19)21-4-3-5-24(15-21)34-28(32-18-31)33-23-10-11-23/h3-9,15,22-23,25,35H,10-14,16-17H2,1-2H3,(H,37,38)(H2,32,33,34)/t22-,25-,30?/m0/s1. The van der Waals surface area contributed by atoms with Gasteiger partial charge in [-0.3, -0.25) is 14.9 Å². The lowest BCUT2D eigenvalue weighted by Crippen LogP contribution is -2.49. The molecular formula is C30H35N5O5S. The molecule has 41 heavy (non-hydrogen) atoms. The van der Waals surface area contributed by atoms with Gasteiger partial charge >= 0.3 is 5.97 Å². The lowest BCUT2D eigenvalue weighted by Gasteiger charge is -2.36. The van der Waals surface area contributed by atoms with Gasteiger partial charge in [-0.1, -0.05) is 50.2 Å². The number of carboxylic acid groups (broad SMARTS) is 1. The molecule has 2 bridgehead atoms. The first-order valence-electron chi connectivity index (χ1n) is 13.9. The summed E-state index contributed by atoms with van der Waals surface area (Å²) in [6, 6.07) is 13.7. The second-order valence-electron chi connectivity index (χ2n) is 12.0. The number of anilines is 1. The summed E-state index contributed by atoms with van der Waals surface area (Å²) in [5, 5.41) is 24.6. The Hall–Kier alpha value is -3.75. The number of hydrogen-bond donors (Lipinski definition) is 4. The molecule has 2 aromatic carbocycles. The average Bonchev–Trinajstić information content (AvgIpc) is 3.67. The van der Waals surface area contributed by atoms with E-state index in [0.29, 0.717) is 24.4 Å². The molecule has 11 heteroatoms. The number of ketones is 1. The van der Waals surface area contributed by atoms with Crippen molar-refractivity contribution in [2.24, 2.45) is 21.7 Å². The number of Topliss-reactive ketones (excluding diaryl/α,β-unsaturated/α-hetero) is 1. The molecule has 0 spiro atoms. The van der Waals surface area contributed by atoms with Crippen LogP contribution in [0, 0.1) is 28.2 Å². The number of carboxylic acids is 1. The third-order valence-corrected chi connectivity index (χ3v) is 10.6. The second-order valence-corrected chi connectivity index (χ2v) is 13.7. The van der Waals surface area contributed by atoms with E-state index in [9.17, 15) is 23.1 Å². The molecule has 3 aliphatic carbocycles. The van der Waals surface area contributed by atoms with Crippen molar-refractivity contribution in [1.29, 1.82) is 5.26 Å². The van der Waals surface area contributed by atoms with Gasteiger partial charge in [0.1, 0.15) is 11.8 Å². The molecule has 2 aromatic rings. The molecule has 0 amide bonds. The van der Waals surface area contributed by atoms with Crippen LogP contribution in [0.4, 0.5) is 5.69 Å². The quantitative estimate of drug-likeness (QED) is 0.144. The van der Waals surface area contributed by atoms with E-state index in [0.717, 1.165) is 36.1 Å². The predicted molar refractivity (Wildman–Crippen MR) is 155 cm³/mol. The highest BCUT2D eigenvalue weighted by atomic mass is 32.2. The van der Waals surface area contributed by atoms with Crippen molar-refractivity contribution < 1.29 is 23.1 Å². The Bertz CT molecular complexity index is 1520. The topological polar surface area (TPSA) is 161 Å². The van der Waals surface area contributed by atoms with Gasteiger partial charge in [-0.15, -0.1) is 0 Å². The molecule has 0 heterocycles. The SMILES string of the molecule is CC1(C)[C@H]2CCC1(CS(=O)(=O)N[C@@H](Cc1ccc(-c3cccc(NC(=NC4CC4)NC#N)c3)cc1)C(=O)O)C(=O)C2. The van der Waals surface area contributed by atoms with Gasteiger partial charge in [0.05, 0.1) is 11.8 Å². The van der Waals surface area contributed by atoms with E-state index in [-0.39, 0.29) is 29.9 Å². The molecule has 10 nitrogen and oxygen atoms in total. The Labute approximate surface area is 240 Å². The number of fused-ring (bicyclic) bond motifs is 2. The highest BCUT2D eigenvalue weighted by Gasteiger charge is 2.65. The highest BCUT2D eigenvalue weighted by molar-refractivity contribution is 7.89. The summed E-state index contributed by atoms with van der Waals surface area (Å²) in [4.78, 5) is 29.4. The fourth-order valence-corrected chi connectivity index (χ4v) is 8.41. The maximum atomic E-state index is 13.2. The smallest absolute Gasteiger partial charge is 0.322 e. The Kier molecular flexibility index (Phi) is 7.66. The summed E-state index contributed by atoms with van der Waals surface area (Å²) in [5.74, 6) is -1.11. The lowest BCUT2D eigenvalue weighted by molar-refractivity contribution is -0.138. The summed E-state index contributed by atoms with van der Waals surface area (Å²) in [7, 11) is -4.04. The van der Waals surface area contributed by atoms with Crippen molar-refractivity contribution in [2.75, 3.05) is 11.1 Å². The minimum atomic E-state index is -4.04. The highest BCUT2D eigenvalue weighted by Crippen LogP contribution is 2.64. The number of sulfonamides is 1. The number of hydrogen-bond acceptors (Lipinski definition) is 6. The average molecular weight is 578 g/mol. The van der Waals surface area contributed by atoms with Crippen molar-refractivity contribution in [3.63, 3.8) is 0 Å². The van der Waals surface area contributed by atoms with Crippen LogP contribution in [0.5, 0.6) is 0 Å². The largest absolute Gasteiger partial charge is 0.480 e. The first-order valence-corrected chi connectivity index (χ1v) is 15.5. The van der Waals surface area contributed by atoms with E-state index in [2.05, 4.69) is 20.3 Å². The van der Waals surface area contributed by atoms with Crippen molar-refractivity contribution in [2.45, 2.75) is 64.5 Å². The molecule has 216 valence electrons. The number of aliphatic carboxylic acids is 1. The van der Waals surface area contributed by atoms with Crippen molar-refractivity contribution in [3.8, 4) is 17.3 Å². The number of rotatable bonds is 10. The van der Waals surface area contributed by atoms with Crippen LogP contribution in [0.2, 0.25) is 0 Å². The molecule has 0 aromatic heterocycles. The van der Waals surface area contributed by atoms with E-state index in [1.807, 2.05) is 56.4 Å². The molecule has 3 fully saturated rings. The van der Waals surface area contributed by atoms with Crippen LogP contribution >= 0.6 is 0 Å². The van der Waals surface area contributed by atoms with Crippen LogP contribution in [0.15, 0.2) is 53.5 Å². The molecule has 0 radical (unpaired) electrons. The van der Waals surface area contributed by atoms with Crippen LogP contribution in [-0.4, -0.2) is 49.1 Å². The first kappa shape index (κ1) is 28.8. The summed E-state index contributed by atoms with van der Waals surface area (Å²) in [6.45, 7) is 3.91. The Morgan fingerprint density at radius 1 is 1.15 bits per heavy atom. The van der Waals surface area contributed by atoms with Crippen LogP contribution in [0.25, 0.3) is 11.1 Å². The van der Waals surface area contributed by atoms with Crippen molar-refractivity contribution in [3.05, 3.63) is 54.1 Å². The zero-order chi connectivity index (χ0) is 29.4. The zero-order valence-corrected chi connectivity index (χ0v) is 24.0. The molecule has 4 N–H and O–H groups in total. The third-order valence-electron chi connectivity index (χ3n) is 9.08. The number of carbonyl (C=O) groups excluding carboxylic acids is 1. The van der Waals surface area contributed by atoms with Gasteiger partial charge in [0.15, 0.2) is 6.19 Å². The molecule has 0 aliphatic heterocycles. The summed E-state index contributed by atoms with van der Waals surface area (Å²) < 4.78 is 28.8.